The smallest absolute Gasteiger partial charge is 0.411 e. The molecule has 0 bridgehead atoms. The molecule has 2 heterocycles. The molecule has 0 fully saturated rings. The predicted octanol–water partition coefficient (Wildman–Crippen LogP) is 4.24. The van der Waals surface area contributed by atoms with Crippen LogP contribution in [-0.2, 0) is 15.0 Å². The van der Waals surface area contributed by atoms with Crippen molar-refractivity contribution in [1.29, 1.82) is 0 Å². The van der Waals surface area contributed by atoms with Gasteiger partial charge in [-0.3, -0.25) is 0 Å². The average Bonchev–Trinajstić information content (AvgIpc) is 2.68. The van der Waals surface area contributed by atoms with Gasteiger partial charge >= 0.3 is 6.18 Å². The van der Waals surface area contributed by atoms with E-state index in [2.05, 4.69) is 15.0 Å². The van der Waals surface area contributed by atoms with E-state index in [1.807, 2.05) is 0 Å². The molecule has 0 aliphatic carbocycles. The minimum atomic E-state index is -4.61. The molecule has 31 heavy (non-hydrogen) atoms. The number of hydrogen-bond donors (Lipinski definition) is 1. The molecule has 0 saturated heterocycles. The zero-order valence-corrected chi connectivity index (χ0v) is 16.7. The number of ether oxygens (including phenoxy) is 2. The van der Waals surface area contributed by atoms with Gasteiger partial charge < -0.3 is 15.2 Å². The zero-order valence-electron chi connectivity index (χ0n) is 16.0. The van der Waals surface area contributed by atoms with Crippen LogP contribution in [0, 0.1) is 5.82 Å². The van der Waals surface area contributed by atoms with Crippen LogP contribution < -0.4 is 5.73 Å². The lowest BCUT2D eigenvalue weighted by Crippen LogP contribution is -2.48. The van der Waals surface area contributed by atoms with Crippen LogP contribution in [-0.4, -0.2) is 41.5 Å². The Bertz CT molecular complexity index is 1010. The highest BCUT2D eigenvalue weighted by molar-refractivity contribution is 6.29. The van der Waals surface area contributed by atoms with Gasteiger partial charge in [-0.15, -0.1) is 0 Å². The SMILES string of the molecule is C[C@]1(c2cc(/C=C(\F)c3cnc(Cl)cn3)ccc2F)N=C(N)OC[C@@H]1OCC(F)(F)F. The molecule has 166 valence electrons. The molecule has 2 N–H and O–H groups in total. The number of amidine groups is 1. The first-order valence-electron chi connectivity index (χ1n) is 8.79. The second kappa shape index (κ2) is 8.75. The summed E-state index contributed by atoms with van der Waals surface area (Å²) in [6.45, 7) is -0.608. The van der Waals surface area contributed by atoms with E-state index >= 15 is 0 Å². The molecule has 6 nitrogen and oxygen atoms in total. The maximum Gasteiger partial charge on any atom is 0.411 e. The number of nitrogens with zero attached hydrogens (tertiary/aromatic N) is 3. The third-order valence-electron chi connectivity index (χ3n) is 4.49. The lowest BCUT2D eigenvalue weighted by atomic mass is 9.85. The lowest BCUT2D eigenvalue weighted by Gasteiger charge is -2.38. The first-order valence-corrected chi connectivity index (χ1v) is 9.17. The molecule has 2 atom stereocenters. The summed E-state index contributed by atoms with van der Waals surface area (Å²) in [5.74, 6) is -1.57. The third kappa shape index (κ3) is 5.47. The summed E-state index contributed by atoms with van der Waals surface area (Å²) in [6, 6.07) is 3.22. The number of rotatable bonds is 5. The van der Waals surface area contributed by atoms with E-state index in [9.17, 15) is 22.0 Å². The Kier molecular flexibility index (Phi) is 6.46. The van der Waals surface area contributed by atoms with E-state index in [-0.39, 0.29) is 34.6 Å². The second-order valence-corrected chi connectivity index (χ2v) is 7.17. The maximum absolute atomic E-state index is 14.7. The van der Waals surface area contributed by atoms with Gasteiger partial charge in [-0.2, -0.15) is 13.2 Å². The van der Waals surface area contributed by atoms with Crippen LogP contribution in [0.5, 0.6) is 0 Å². The molecule has 0 saturated carbocycles. The minimum absolute atomic E-state index is 0.0772. The van der Waals surface area contributed by atoms with Gasteiger partial charge in [-0.05, 0) is 30.7 Å². The first kappa shape index (κ1) is 22.9. The Labute approximate surface area is 178 Å². The van der Waals surface area contributed by atoms with Crippen molar-refractivity contribution in [3.63, 3.8) is 0 Å². The fourth-order valence-corrected chi connectivity index (χ4v) is 3.07. The molecule has 12 heteroatoms. The summed E-state index contributed by atoms with van der Waals surface area (Å²) in [6.07, 6.45) is -2.59. The topological polar surface area (TPSA) is 82.6 Å². The van der Waals surface area contributed by atoms with Crippen molar-refractivity contribution in [2.75, 3.05) is 13.2 Å². The summed E-state index contributed by atoms with van der Waals surface area (Å²) in [7, 11) is 0. The van der Waals surface area contributed by atoms with Crippen LogP contribution in [0.4, 0.5) is 22.0 Å². The van der Waals surface area contributed by atoms with E-state index in [4.69, 9.17) is 26.8 Å². The summed E-state index contributed by atoms with van der Waals surface area (Å²) >= 11 is 5.62. The third-order valence-corrected chi connectivity index (χ3v) is 4.69. The number of alkyl halides is 3. The molecule has 0 amide bonds. The molecule has 3 rings (SSSR count). The molecular formula is C19H16ClF5N4O2. The predicted molar refractivity (Wildman–Crippen MR) is 103 cm³/mol. The van der Waals surface area contributed by atoms with E-state index in [0.29, 0.717) is 0 Å². The van der Waals surface area contributed by atoms with E-state index in [0.717, 1.165) is 24.5 Å². The van der Waals surface area contributed by atoms with Crippen molar-refractivity contribution in [2.45, 2.75) is 24.7 Å². The number of halogens is 6. The highest BCUT2D eigenvalue weighted by atomic mass is 35.5. The van der Waals surface area contributed by atoms with E-state index in [1.165, 1.54) is 19.1 Å². The lowest BCUT2D eigenvalue weighted by molar-refractivity contribution is -0.197. The number of aliphatic imine (C=N–C) groups is 1. The standard InChI is InChI=1S/C19H16ClF5N4O2/c1-18(15(8-30-17(26)29-18)31-9-19(23,24)25)11-4-10(2-3-12(11)21)5-13(22)14-6-28-16(20)7-27-14/h2-7,15H,8-9H2,1H3,(H2,26,29)/b13-5-/t15-,18+/m0/s1. The van der Waals surface area contributed by atoms with Gasteiger partial charge in [0.2, 0.25) is 0 Å². The summed E-state index contributed by atoms with van der Waals surface area (Å²) in [5.41, 5.74) is 3.87. The molecule has 1 aliphatic heterocycles. The largest absolute Gasteiger partial charge is 0.463 e. The molecule has 0 spiro atoms. The van der Waals surface area contributed by atoms with Crippen molar-refractivity contribution in [3.05, 3.63) is 58.4 Å². The molecule has 1 aromatic carbocycles. The van der Waals surface area contributed by atoms with Crippen LogP contribution in [0.2, 0.25) is 5.15 Å². The number of hydrogen-bond acceptors (Lipinski definition) is 6. The molecule has 0 radical (unpaired) electrons. The second-order valence-electron chi connectivity index (χ2n) is 6.78. The Morgan fingerprint density at radius 1 is 1.35 bits per heavy atom. The van der Waals surface area contributed by atoms with E-state index in [1.54, 1.807) is 0 Å². The Balaban J connectivity index is 1.98. The Hall–Kier alpha value is -2.79. The minimum Gasteiger partial charge on any atom is -0.463 e. The van der Waals surface area contributed by atoms with Gasteiger partial charge in [0.25, 0.3) is 6.02 Å². The summed E-state index contributed by atoms with van der Waals surface area (Å²) in [5, 5.41) is 0.0772. The van der Waals surface area contributed by atoms with Crippen molar-refractivity contribution in [2.24, 2.45) is 10.7 Å². The van der Waals surface area contributed by atoms with Gasteiger partial charge in [0.15, 0.2) is 5.83 Å². The molecule has 1 aromatic heterocycles. The van der Waals surface area contributed by atoms with Crippen molar-refractivity contribution >= 4 is 29.5 Å². The van der Waals surface area contributed by atoms with E-state index < -0.39 is 36.1 Å². The van der Waals surface area contributed by atoms with Gasteiger partial charge in [-0.25, -0.2) is 23.7 Å². The Morgan fingerprint density at radius 2 is 2.10 bits per heavy atom. The average molecular weight is 463 g/mol. The first-order chi connectivity index (χ1) is 14.5. The monoisotopic (exact) mass is 462 g/mol. The summed E-state index contributed by atoms with van der Waals surface area (Å²) < 4.78 is 77.1. The number of benzene rings is 1. The van der Waals surface area contributed by atoms with Gasteiger partial charge in [0.1, 0.15) is 41.5 Å². The van der Waals surface area contributed by atoms with Crippen molar-refractivity contribution in [3.8, 4) is 0 Å². The molecule has 0 unspecified atom stereocenters. The highest BCUT2D eigenvalue weighted by Gasteiger charge is 2.44. The van der Waals surface area contributed by atoms with Crippen molar-refractivity contribution in [1.82, 2.24) is 9.97 Å². The summed E-state index contributed by atoms with van der Waals surface area (Å²) in [4.78, 5) is 11.5. The van der Waals surface area contributed by atoms with Crippen LogP contribution in [0.1, 0.15) is 23.7 Å². The van der Waals surface area contributed by atoms with Crippen LogP contribution in [0.25, 0.3) is 11.9 Å². The highest BCUT2D eigenvalue weighted by Crippen LogP contribution is 2.37. The fraction of sp³-hybridized carbons (Fsp3) is 0.316. The normalized spacial score (nSPS) is 22.1. The maximum atomic E-state index is 14.7. The fourth-order valence-electron chi connectivity index (χ4n) is 2.97. The van der Waals surface area contributed by atoms with Gasteiger partial charge in [0, 0.05) is 5.56 Å². The van der Waals surface area contributed by atoms with Crippen LogP contribution in [0.3, 0.4) is 0 Å². The van der Waals surface area contributed by atoms with Crippen molar-refractivity contribution < 1.29 is 31.4 Å². The van der Waals surface area contributed by atoms with Gasteiger partial charge in [0.05, 0.1) is 12.4 Å². The van der Waals surface area contributed by atoms with Crippen LogP contribution in [0.15, 0.2) is 35.6 Å². The Morgan fingerprint density at radius 3 is 2.74 bits per heavy atom. The molecule has 2 aromatic rings. The molecular weight excluding hydrogens is 447 g/mol. The molecule has 1 aliphatic rings. The quantitative estimate of drug-likeness (QED) is 0.672. The number of aromatic nitrogens is 2. The van der Waals surface area contributed by atoms with Gasteiger partial charge in [-0.1, -0.05) is 17.7 Å². The van der Waals surface area contributed by atoms with Crippen LogP contribution >= 0.6 is 11.6 Å². The number of nitrogens with two attached hydrogens (primary N) is 1. The zero-order chi connectivity index (χ0) is 22.8.